The van der Waals surface area contributed by atoms with Gasteiger partial charge in [0.15, 0.2) is 11.6 Å². The molecule has 6 nitrogen and oxygen atoms in total. The zero-order chi connectivity index (χ0) is 22.5. The van der Waals surface area contributed by atoms with Crippen molar-refractivity contribution in [1.29, 1.82) is 0 Å². The summed E-state index contributed by atoms with van der Waals surface area (Å²) in [6, 6.07) is 0.0572. The number of nitrogens with one attached hydrogen (secondary N) is 2. The maximum atomic E-state index is 14.0. The molecule has 2 rings (SSSR count). The smallest absolute Gasteiger partial charge is 0.245 e. The van der Waals surface area contributed by atoms with E-state index in [1.54, 1.807) is 0 Å². The van der Waals surface area contributed by atoms with Gasteiger partial charge in [-0.1, -0.05) is 6.92 Å². The second kappa shape index (κ2) is 10.3. The Morgan fingerprint density at radius 1 is 1.27 bits per heavy atom. The van der Waals surface area contributed by atoms with Crippen LogP contribution in [0.25, 0.3) is 0 Å². The van der Waals surface area contributed by atoms with Crippen LogP contribution in [0.2, 0.25) is 0 Å². The molecule has 0 aliphatic carbocycles. The Balaban J connectivity index is 2.12. The first-order valence-corrected chi connectivity index (χ1v) is 10.1. The molecule has 1 aliphatic rings. The second-order valence-electron chi connectivity index (χ2n) is 8.34. The molecule has 0 radical (unpaired) electrons. The maximum Gasteiger partial charge on any atom is 0.245 e. The van der Waals surface area contributed by atoms with Gasteiger partial charge in [0.1, 0.15) is 11.9 Å². The minimum atomic E-state index is -1.26. The van der Waals surface area contributed by atoms with Gasteiger partial charge in [0.05, 0.1) is 12.2 Å². The number of carbonyl (C=O) groups excluding carboxylic acids is 2. The van der Waals surface area contributed by atoms with Gasteiger partial charge in [-0.3, -0.25) is 9.59 Å². The molecule has 2 amide bonds. The lowest BCUT2D eigenvalue weighted by Crippen LogP contribution is -2.60. The van der Waals surface area contributed by atoms with Crippen molar-refractivity contribution >= 4 is 11.8 Å². The maximum absolute atomic E-state index is 14.0. The van der Waals surface area contributed by atoms with Gasteiger partial charge in [-0.15, -0.1) is 0 Å². The summed E-state index contributed by atoms with van der Waals surface area (Å²) in [5.41, 5.74) is -0.486. The molecule has 0 saturated carbocycles. The lowest BCUT2D eigenvalue weighted by molar-refractivity contribution is -0.148. The Kier molecular flexibility index (Phi) is 8.25. The van der Waals surface area contributed by atoms with Crippen molar-refractivity contribution in [2.45, 2.75) is 58.2 Å². The van der Waals surface area contributed by atoms with Crippen LogP contribution < -0.4 is 10.6 Å². The van der Waals surface area contributed by atoms with Crippen molar-refractivity contribution in [1.82, 2.24) is 15.5 Å². The molecule has 30 heavy (non-hydrogen) atoms. The standard InChI is InChI=1S/C21H30F3N3O3/c1-5-25-14(8-13-9-16(23)17(24)11-15(13)22)10-19(28)27-7-6-26-20(29)18(27)12-30-21(2,3)4/h9,11,14,18,25H,5-8,10,12H2,1-4H3,(H,26,29)/t14-,18-/m1/s1. The van der Waals surface area contributed by atoms with E-state index in [1.807, 2.05) is 27.7 Å². The van der Waals surface area contributed by atoms with Crippen molar-refractivity contribution in [3.05, 3.63) is 35.1 Å². The molecule has 2 atom stereocenters. The van der Waals surface area contributed by atoms with E-state index in [1.165, 1.54) is 4.90 Å². The number of halogens is 3. The van der Waals surface area contributed by atoms with Crippen LogP contribution in [0, 0.1) is 17.5 Å². The summed E-state index contributed by atoms with van der Waals surface area (Å²) in [6.45, 7) is 8.63. The summed E-state index contributed by atoms with van der Waals surface area (Å²) >= 11 is 0. The van der Waals surface area contributed by atoms with E-state index in [9.17, 15) is 22.8 Å². The largest absolute Gasteiger partial charge is 0.373 e. The number of benzene rings is 1. The first-order valence-electron chi connectivity index (χ1n) is 10.1. The van der Waals surface area contributed by atoms with Crippen LogP contribution in [-0.4, -0.2) is 60.6 Å². The number of nitrogens with zero attached hydrogens (tertiary/aromatic N) is 1. The van der Waals surface area contributed by atoms with Crippen LogP contribution in [0.3, 0.4) is 0 Å². The highest BCUT2D eigenvalue weighted by atomic mass is 19.2. The minimum Gasteiger partial charge on any atom is -0.373 e. The van der Waals surface area contributed by atoms with Crippen LogP contribution in [0.5, 0.6) is 0 Å². The molecular formula is C21H30F3N3O3. The highest BCUT2D eigenvalue weighted by molar-refractivity contribution is 5.89. The van der Waals surface area contributed by atoms with E-state index in [-0.39, 0.29) is 36.8 Å². The summed E-state index contributed by atoms with van der Waals surface area (Å²) in [5, 5.41) is 5.82. The van der Waals surface area contributed by atoms with E-state index >= 15 is 0 Å². The highest BCUT2D eigenvalue weighted by Gasteiger charge is 2.35. The fourth-order valence-electron chi connectivity index (χ4n) is 3.33. The van der Waals surface area contributed by atoms with Gasteiger partial charge in [0, 0.05) is 31.6 Å². The lowest BCUT2D eigenvalue weighted by Gasteiger charge is -2.37. The molecule has 1 fully saturated rings. The van der Waals surface area contributed by atoms with Gasteiger partial charge in [0.25, 0.3) is 0 Å². The van der Waals surface area contributed by atoms with Gasteiger partial charge in [0.2, 0.25) is 11.8 Å². The van der Waals surface area contributed by atoms with Gasteiger partial charge in [-0.25, -0.2) is 13.2 Å². The summed E-state index contributed by atoms with van der Waals surface area (Å²) in [7, 11) is 0. The van der Waals surface area contributed by atoms with Crippen molar-refractivity contribution in [3.8, 4) is 0 Å². The molecule has 1 aromatic carbocycles. The SMILES string of the molecule is CCN[C@@H](CC(=O)N1CCNC(=O)[C@H]1COC(C)(C)C)Cc1cc(F)c(F)cc1F. The molecule has 168 valence electrons. The molecule has 1 saturated heterocycles. The molecule has 1 aromatic rings. The van der Waals surface area contributed by atoms with E-state index in [2.05, 4.69) is 10.6 Å². The number of ether oxygens (including phenoxy) is 1. The Hall–Kier alpha value is -2.13. The Morgan fingerprint density at radius 3 is 2.57 bits per heavy atom. The van der Waals surface area contributed by atoms with Crippen molar-refractivity contribution in [2.75, 3.05) is 26.2 Å². The molecule has 0 aromatic heterocycles. The van der Waals surface area contributed by atoms with Crippen LogP contribution in [0.15, 0.2) is 12.1 Å². The van der Waals surface area contributed by atoms with Gasteiger partial charge >= 0.3 is 0 Å². The lowest BCUT2D eigenvalue weighted by atomic mass is 10.0. The Labute approximate surface area is 175 Å². The van der Waals surface area contributed by atoms with Crippen LogP contribution in [-0.2, 0) is 20.7 Å². The fraction of sp³-hybridized carbons (Fsp3) is 0.619. The third-order valence-corrected chi connectivity index (χ3v) is 4.79. The van der Waals surface area contributed by atoms with Gasteiger partial charge in [-0.05, 0) is 45.4 Å². The summed E-state index contributed by atoms with van der Waals surface area (Å²) < 4.78 is 46.5. The number of hydrogen-bond acceptors (Lipinski definition) is 4. The molecule has 1 heterocycles. The Morgan fingerprint density at radius 2 is 1.93 bits per heavy atom. The first kappa shape index (κ1) is 24.1. The van der Waals surface area contributed by atoms with Gasteiger partial charge in [-0.2, -0.15) is 0 Å². The normalized spacial score (nSPS) is 18.3. The number of amides is 2. The fourth-order valence-corrected chi connectivity index (χ4v) is 3.33. The topological polar surface area (TPSA) is 70.7 Å². The minimum absolute atomic E-state index is 0.00576. The zero-order valence-corrected chi connectivity index (χ0v) is 17.9. The van der Waals surface area contributed by atoms with Gasteiger partial charge < -0.3 is 20.3 Å². The number of piperazine rings is 1. The molecule has 0 unspecified atom stereocenters. The third kappa shape index (κ3) is 6.70. The molecular weight excluding hydrogens is 399 g/mol. The summed E-state index contributed by atoms with van der Waals surface area (Å²) in [4.78, 5) is 26.8. The number of hydrogen-bond donors (Lipinski definition) is 2. The second-order valence-corrected chi connectivity index (χ2v) is 8.34. The zero-order valence-electron chi connectivity index (χ0n) is 17.9. The number of carbonyl (C=O) groups is 2. The number of rotatable bonds is 8. The summed E-state index contributed by atoms with van der Waals surface area (Å²) in [6.07, 6.45) is -0.0165. The van der Waals surface area contributed by atoms with E-state index in [0.29, 0.717) is 25.7 Å². The van der Waals surface area contributed by atoms with Crippen molar-refractivity contribution < 1.29 is 27.5 Å². The van der Waals surface area contributed by atoms with Crippen LogP contribution in [0.1, 0.15) is 39.7 Å². The quantitative estimate of drug-likeness (QED) is 0.622. The molecule has 2 N–H and O–H groups in total. The average molecular weight is 429 g/mol. The Bertz CT molecular complexity index is 768. The van der Waals surface area contributed by atoms with Crippen LogP contribution in [0.4, 0.5) is 13.2 Å². The predicted molar refractivity (Wildman–Crippen MR) is 106 cm³/mol. The highest BCUT2D eigenvalue weighted by Crippen LogP contribution is 2.18. The van der Waals surface area contributed by atoms with Crippen molar-refractivity contribution in [2.24, 2.45) is 0 Å². The summed E-state index contributed by atoms with van der Waals surface area (Å²) in [5.74, 6) is -3.83. The molecule has 0 bridgehead atoms. The number of likely N-dealkylation sites (N-methyl/N-ethyl adjacent to an activating group) is 1. The van der Waals surface area contributed by atoms with E-state index in [0.717, 1.165) is 6.07 Å². The third-order valence-electron chi connectivity index (χ3n) is 4.79. The monoisotopic (exact) mass is 429 g/mol. The van der Waals surface area contributed by atoms with Crippen molar-refractivity contribution in [3.63, 3.8) is 0 Å². The van der Waals surface area contributed by atoms with Crippen LogP contribution >= 0.6 is 0 Å². The van der Waals surface area contributed by atoms with E-state index in [4.69, 9.17) is 4.74 Å². The molecule has 9 heteroatoms. The molecule has 0 spiro atoms. The average Bonchev–Trinajstić information content (AvgIpc) is 2.64. The first-order chi connectivity index (χ1) is 14.0. The predicted octanol–water partition coefficient (Wildman–Crippen LogP) is 2.16. The molecule has 1 aliphatic heterocycles. The van der Waals surface area contributed by atoms with E-state index < -0.39 is 35.1 Å².